The predicted molar refractivity (Wildman–Crippen MR) is 147 cm³/mol. The van der Waals surface area contributed by atoms with E-state index in [1.54, 1.807) is 17.0 Å². The zero-order valence-corrected chi connectivity index (χ0v) is 23.6. The molecule has 0 radical (unpaired) electrons. The van der Waals surface area contributed by atoms with Gasteiger partial charge in [-0.3, -0.25) is 13.9 Å². The third-order valence-electron chi connectivity index (χ3n) is 6.11. The van der Waals surface area contributed by atoms with Crippen LogP contribution in [0, 0.1) is 13.8 Å². The van der Waals surface area contributed by atoms with Crippen LogP contribution in [0.5, 0.6) is 0 Å². The van der Waals surface area contributed by atoms with E-state index in [0.29, 0.717) is 23.6 Å². The van der Waals surface area contributed by atoms with Gasteiger partial charge in [-0.15, -0.1) is 0 Å². The standard InChI is InChI=1S/C27H38ClN3O4S/c1-7-24(27(33)29-19(2)3)30(18-22-13-8-9-14-23(22)28)26(32)16-11-17-31(36(6,34)35)25-15-10-12-20(4)21(25)5/h8-10,12-15,19,24H,7,11,16-18H2,1-6H3,(H,29,33)/t24-/m0/s1. The maximum atomic E-state index is 13.5. The summed E-state index contributed by atoms with van der Waals surface area (Å²) in [4.78, 5) is 28.0. The van der Waals surface area contributed by atoms with Crippen LogP contribution in [-0.4, -0.2) is 50.0 Å². The molecule has 198 valence electrons. The van der Waals surface area contributed by atoms with Crippen LogP contribution < -0.4 is 9.62 Å². The van der Waals surface area contributed by atoms with Crippen LogP contribution in [0.25, 0.3) is 0 Å². The summed E-state index contributed by atoms with van der Waals surface area (Å²) in [6.07, 6.45) is 2.00. The highest BCUT2D eigenvalue weighted by Gasteiger charge is 2.29. The van der Waals surface area contributed by atoms with E-state index >= 15 is 0 Å². The van der Waals surface area contributed by atoms with Gasteiger partial charge < -0.3 is 10.2 Å². The van der Waals surface area contributed by atoms with Crippen molar-refractivity contribution in [2.75, 3.05) is 17.1 Å². The molecule has 9 heteroatoms. The van der Waals surface area contributed by atoms with Crippen molar-refractivity contribution in [3.8, 4) is 0 Å². The molecule has 0 bridgehead atoms. The van der Waals surface area contributed by atoms with Crippen molar-refractivity contribution in [3.05, 3.63) is 64.2 Å². The van der Waals surface area contributed by atoms with Crippen molar-refractivity contribution in [3.63, 3.8) is 0 Å². The summed E-state index contributed by atoms with van der Waals surface area (Å²) in [7, 11) is -3.55. The minimum atomic E-state index is -3.55. The molecule has 0 aliphatic carbocycles. The van der Waals surface area contributed by atoms with Crippen molar-refractivity contribution < 1.29 is 18.0 Å². The molecule has 2 rings (SSSR count). The van der Waals surface area contributed by atoms with Crippen LogP contribution >= 0.6 is 11.6 Å². The monoisotopic (exact) mass is 535 g/mol. The number of anilines is 1. The first-order valence-corrected chi connectivity index (χ1v) is 14.5. The highest BCUT2D eigenvalue weighted by atomic mass is 35.5. The second kappa shape index (κ2) is 13.1. The van der Waals surface area contributed by atoms with Crippen molar-refractivity contribution in [1.29, 1.82) is 0 Å². The Kier molecular flexibility index (Phi) is 10.8. The summed E-state index contributed by atoms with van der Waals surface area (Å²) in [5.74, 6) is -0.448. The number of hydrogen-bond acceptors (Lipinski definition) is 4. The van der Waals surface area contributed by atoms with Crippen LogP contribution in [0.2, 0.25) is 5.02 Å². The molecular formula is C27H38ClN3O4S. The fraction of sp³-hybridized carbons (Fsp3) is 0.481. The first-order chi connectivity index (χ1) is 16.9. The number of nitrogens with one attached hydrogen (secondary N) is 1. The zero-order valence-electron chi connectivity index (χ0n) is 22.0. The van der Waals surface area contributed by atoms with Gasteiger partial charge in [-0.25, -0.2) is 8.42 Å². The molecule has 0 fully saturated rings. The zero-order chi connectivity index (χ0) is 27.0. The molecule has 1 N–H and O–H groups in total. The Balaban J connectivity index is 2.26. The Morgan fingerprint density at radius 1 is 1.06 bits per heavy atom. The molecule has 0 spiro atoms. The van der Waals surface area contributed by atoms with Crippen molar-refractivity contribution >= 4 is 39.1 Å². The SMILES string of the molecule is CC[C@@H](C(=O)NC(C)C)N(Cc1ccccc1Cl)C(=O)CCCN(c1cccc(C)c1C)S(C)(=O)=O. The van der Waals surface area contributed by atoms with Gasteiger partial charge in [0.15, 0.2) is 0 Å². The lowest BCUT2D eigenvalue weighted by atomic mass is 10.1. The summed E-state index contributed by atoms with van der Waals surface area (Å²) in [6, 6.07) is 12.0. The number of sulfonamides is 1. The second-order valence-electron chi connectivity index (χ2n) is 9.36. The summed E-state index contributed by atoms with van der Waals surface area (Å²) in [5.41, 5.74) is 3.23. The van der Waals surface area contributed by atoms with Crippen LogP contribution in [-0.2, 0) is 26.2 Å². The number of halogens is 1. The average molecular weight is 536 g/mol. The van der Waals surface area contributed by atoms with Crippen LogP contribution in [0.1, 0.15) is 56.7 Å². The van der Waals surface area contributed by atoms with E-state index in [4.69, 9.17) is 11.6 Å². The normalized spacial score (nSPS) is 12.3. The lowest BCUT2D eigenvalue weighted by Crippen LogP contribution is -2.50. The molecule has 0 saturated carbocycles. The molecule has 36 heavy (non-hydrogen) atoms. The molecule has 1 atom stereocenters. The highest BCUT2D eigenvalue weighted by molar-refractivity contribution is 7.92. The number of nitrogens with zero attached hydrogens (tertiary/aromatic N) is 2. The fourth-order valence-electron chi connectivity index (χ4n) is 4.10. The van der Waals surface area contributed by atoms with Crippen molar-refractivity contribution in [2.24, 2.45) is 0 Å². The summed E-state index contributed by atoms with van der Waals surface area (Å²) >= 11 is 6.36. The maximum absolute atomic E-state index is 13.5. The molecule has 2 amide bonds. The molecule has 0 aromatic heterocycles. The lowest BCUT2D eigenvalue weighted by molar-refractivity contribution is -0.141. The van der Waals surface area contributed by atoms with E-state index in [1.807, 2.05) is 65.0 Å². The van der Waals surface area contributed by atoms with E-state index < -0.39 is 16.1 Å². The van der Waals surface area contributed by atoms with E-state index in [0.717, 1.165) is 16.7 Å². The Labute approximate surface area is 220 Å². The number of amides is 2. The molecule has 0 unspecified atom stereocenters. The Morgan fingerprint density at radius 3 is 2.31 bits per heavy atom. The first kappa shape index (κ1) is 29.6. The largest absolute Gasteiger partial charge is 0.352 e. The molecule has 2 aromatic carbocycles. The number of benzene rings is 2. The Hall–Kier alpha value is -2.58. The van der Waals surface area contributed by atoms with Gasteiger partial charge in [-0.05, 0) is 69.4 Å². The Morgan fingerprint density at radius 2 is 1.72 bits per heavy atom. The minimum Gasteiger partial charge on any atom is -0.352 e. The summed E-state index contributed by atoms with van der Waals surface area (Å²) in [5, 5.41) is 3.42. The fourth-order valence-corrected chi connectivity index (χ4v) is 5.31. The van der Waals surface area contributed by atoms with Gasteiger partial charge in [-0.2, -0.15) is 0 Å². The molecule has 0 heterocycles. The lowest BCUT2D eigenvalue weighted by Gasteiger charge is -2.32. The van der Waals surface area contributed by atoms with Gasteiger partial charge in [-0.1, -0.05) is 48.9 Å². The molecule has 2 aromatic rings. The van der Waals surface area contributed by atoms with Gasteiger partial charge >= 0.3 is 0 Å². The third kappa shape index (κ3) is 7.96. The van der Waals surface area contributed by atoms with Crippen LogP contribution in [0.15, 0.2) is 42.5 Å². The summed E-state index contributed by atoms with van der Waals surface area (Å²) < 4.78 is 26.5. The number of carbonyl (C=O) groups excluding carboxylic acids is 2. The Bertz CT molecular complexity index is 1170. The topological polar surface area (TPSA) is 86.8 Å². The number of hydrogen-bond donors (Lipinski definition) is 1. The van der Waals surface area contributed by atoms with Crippen LogP contribution in [0.3, 0.4) is 0 Å². The van der Waals surface area contributed by atoms with Crippen molar-refractivity contribution in [1.82, 2.24) is 10.2 Å². The molecule has 0 aliphatic rings. The van der Waals surface area contributed by atoms with Gasteiger partial charge in [0.1, 0.15) is 6.04 Å². The quantitative estimate of drug-likeness (QED) is 0.421. The van der Waals surface area contributed by atoms with Gasteiger partial charge in [0.05, 0.1) is 11.9 Å². The van der Waals surface area contributed by atoms with E-state index in [2.05, 4.69) is 5.32 Å². The predicted octanol–water partition coefficient (Wildman–Crippen LogP) is 4.84. The molecule has 0 saturated heterocycles. The van der Waals surface area contributed by atoms with E-state index in [1.165, 1.54) is 10.6 Å². The summed E-state index contributed by atoms with van der Waals surface area (Å²) in [6.45, 7) is 9.78. The second-order valence-corrected chi connectivity index (χ2v) is 11.7. The first-order valence-electron chi connectivity index (χ1n) is 12.2. The number of rotatable bonds is 12. The smallest absolute Gasteiger partial charge is 0.243 e. The molecular weight excluding hydrogens is 498 g/mol. The minimum absolute atomic E-state index is 0.0651. The highest BCUT2D eigenvalue weighted by Crippen LogP contribution is 2.26. The average Bonchev–Trinajstić information content (AvgIpc) is 2.78. The van der Waals surface area contributed by atoms with E-state index in [-0.39, 0.29) is 37.4 Å². The van der Waals surface area contributed by atoms with Crippen molar-refractivity contribution in [2.45, 2.75) is 72.5 Å². The molecule has 0 aliphatic heterocycles. The number of carbonyl (C=O) groups is 2. The van der Waals surface area contributed by atoms with Gasteiger partial charge in [0.2, 0.25) is 21.8 Å². The number of aryl methyl sites for hydroxylation is 1. The van der Waals surface area contributed by atoms with Gasteiger partial charge in [0.25, 0.3) is 0 Å². The van der Waals surface area contributed by atoms with Crippen LogP contribution in [0.4, 0.5) is 5.69 Å². The maximum Gasteiger partial charge on any atom is 0.243 e. The third-order valence-corrected chi connectivity index (χ3v) is 7.66. The van der Waals surface area contributed by atoms with E-state index in [9.17, 15) is 18.0 Å². The molecule has 7 nitrogen and oxygen atoms in total. The van der Waals surface area contributed by atoms with Gasteiger partial charge in [0, 0.05) is 30.6 Å².